The molecule has 0 spiro atoms. The normalized spacial score (nSPS) is 15.3. The second kappa shape index (κ2) is 12.7. The lowest BCUT2D eigenvalue weighted by Gasteiger charge is -2.25. The van der Waals surface area contributed by atoms with Crippen molar-refractivity contribution < 1.29 is 39.2 Å². The number of carboxylic acids is 1. The van der Waals surface area contributed by atoms with E-state index in [1.807, 2.05) is 0 Å². The van der Waals surface area contributed by atoms with E-state index in [-0.39, 0.29) is 17.6 Å². The Labute approximate surface area is 162 Å². The van der Waals surface area contributed by atoms with E-state index in [1.54, 1.807) is 19.1 Å². The molecule has 0 aromatic rings. The molecule has 0 radical (unpaired) electrons. The summed E-state index contributed by atoms with van der Waals surface area (Å²) in [6.07, 6.45) is 6.43. The molecule has 9 heteroatoms. The predicted octanol–water partition coefficient (Wildman–Crippen LogP) is 1.65. The molecule has 0 bridgehead atoms. The van der Waals surface area contributed by atoms with Crippen LogP contribution in [0.2, 0.25) is 0 Å². The van der Waals surface area contributed by atoms with Crippen LogP contribution in [-0.4, -0.2) is 51.6 Å². The van der Waals surface area contributed by atoms with Crippen LogP contribution >= 0.6 is 0 Å². The van der Waals surface area contributed by atoms with E-state index in [0.717, 1.165) is 6.08 Å². The molecule has 28 heavy (non-hydrogen) atoms. The fraction of sp³-hybridized carbons (Fsp3) is 0.263. The van der Waals surface area contributed by atoms with Crippen molar-refractivity contribution >= 4 is 24.1 Å². The number of carbonyl (C=O) groups excluding carboxylic acids is 3. The minimum Gasteiger partial charge on any atom is -0.515 e. The smallest absolute Gasteiger partial charge is 0.328 e. The zero-order valence-corrected chi connectivity index (χ0v) is 15.7. The molecule has 4 N–H and O–H groups in total. The molecule has 0 fully saturated rings. The van der Waals surface area contributed by atoms with Crippen LogP contribution in [0.25, 0.3) is 0 Å². The molecule has 0 heterocycles. The number of aliphatic carboxylic acids is 1. The predicted molar refractivity (Wildman–Crippen MR) is 100 cm³/mol. The van der Waals surface area contributed by atoms with Gasteiger partial charge >= 0.3 is 5.97 Å². The number of ketones is 1. The van der Waals surface area contributed by atoms with Crippen molar-refractivity contribution in [2.75, 3.05) is 0 Å². The molecule has 0 aromatic heterocycles. The summed E-state index contributed by atoms with van der Waals surface area (Å²) in [6, 6.07) is -1.34. The zero-order chi connectivity index (χ0) is 21.7. The minimum atomic E-state index is -1.37. The molecule has 1 amide bonds. The third-order valence-corrected chi connectivity index (χ3v) is 3.36. The average molecular weight is 393 g/mol. The lowest BCUT2D eigenvalue weighted by atomic mass is 9.94. The van der Waals surface area contributed by atoms with E-state index >= 15 is 0 Å². The summed E-state index contributed by atoms with van der Waals surface area (Å²) in [6.45, 7) is 4.49. The fourth-order valence-corrected chi connectivity index (χ4v) is 1.97. The molecule has 0 aliphatic heterocycles. The van der Waals surface area contributed by atoms with Gasteiger partial charge in [0.05, 0.1) is 17.9 Å². The largest absolute Gasteiger partial charge is 0.515 e. The Balaban J connectivity index is 6.29. The van der Waals surface area contributed by atoms with Gasteiger partial charge in [-0.1, -0.05) is 18.2 Å². The standard InChI is InChI=1S/C19H23NO8/c1-4-5-6-7-14(23)17(19(27)12(2)10-21)18(13(3)28-11-22)20-15(24)8-9-16(25)26/h4-11,13,18,21,27H,1-3H3,(H,20,24)(H,25,26)/b5-4+,7-6+,9-8+,12-10+,19-17?. The topological polar surface area (TPSA) is 150 Å². The second-order valence-corrected chi connectivity index (χ2v) is 5.42. The molecule has 9 nitrogen and oxygen atoms in total. The summed E-state index contributed by atoms with van der Waals surface area (Å²) in [5.41, 5.74) is -0.448. The first-order valence-corrected chi connectivity index (χ1v) is 8.08. The molecule has 2 atom stereocenters. The summed E-state index contributed by atoms with van der Waals surface area (Å²) < 4.78 is 4.80. The number of carboxylic acid groups (broad SMARTS) is 1. The van der Waals surface area contributed by atoms with E-state index in [9.17, 15) is 24.3 Å². The Morgan fingerprint density at radius 3 is 2.21 bits per heavy atom. The van der Waals surface area contributed by atoms with Crippen LogP contribution in [0.5, 0.6) is 0 Å². The van der Waals surface area contributed by atoms with E-state index < -0.39 is 35.6 Å². The molecular formula is C19H23NO8. The van der Waals surface area contributed by atoms with Gasteiger partial charge in [-0.25, -0.2) is 4.79 Å². The molecule has 152 valence electrons. The maximum Gasteiger partial charge on any atom is 0.328 e. The Morgan fingerprint density at radius 2 is 1.71 bits per heavy atom. The third-order valence-electron chi connectivity index (χ3n) is 3.36. The highest BCUT2D eigenvalue weighted by molar-refractivity contribution is 6.06. The number of amides is 1. The SMILES string of the molecule is C/C=C/C=C/C(=O)C(=C(O)/C(C)=C/O)C(NC(=O)/C=C/C(=O)O)C(C)OC=O. The average Bonchev–Trinajstić information content (AvgIpc) is 2.65. The van der Waals surface area contributed by atoms with Crippen molar-refractivity contribution in [3.63, 3.8) is 0 Å². The van der Waals surface area contributed by atoms with Crippen molar-refractivity contribution in [1.29, 1.82) is 0 Å². The molecule has 0 aliphatic carbocycles. The van der Waals surface area contributed by atoms with Crippen LogP contribution in [0.3, 0.4) is 0 Å². The van der Waals surface area contributed by atoms with Crippen molar-refractivity contribution in [3.8, 4) is 0 Å². The van der Waals surface area contributed by atoms with Crippen LogP contribution in [0, 0.1) is 0 Å². The highest BCUT2D eigenvalue weighted by Gasteiger charge is 2.31. The van der Waals surface area contributed by atoms with E-state index in [4.69, 9.17) is 14.9 Å². The number of carbonyl (C=O) groups is 4. The Hall–Kier alpha value is -3.62. The third kappa shape index (κ3) is 8.17. The van der Waals surface area contributed by atoms with Gasteiger partial charge in [-0.15, -0.1) is 0 Å². The number of hydrogen-bond donors (Lipinski definition) is 4. The van der Waals surface area contributed by atoms with Crippen LogP contribution in [0.15, 0.2) is 59.6 Å². The van der Waals surface area contributed by atoms with E-state index in [2.05, 4.69) is 5.32 Å². The summed E-state index contributed by atoms with van der Waals surface area (Å²) in [5, 5.41) is 30.5. The maximum absolute atomic E-state index is 12.6. The zero-order valence-electron chi connectivity index (χ0n) is 15.7. The van der Waals surface area contributed by atoms with Gasteiger partial charge < -0.3 is 25.4 Å². The molecule has 0 saturated carbocycles. The molecule has 0 aromatic carbocycles. The van der Waals surface area contributed by atoms with E-state index in [1.165, 1.54) is 19.9 Å². The van der Waals surface area contributed by atoms with Gasteiger partial charge in [0.2, 0.25) is 5.91 Å². The minimum absolute atomic E-state index is 0.0820. The summed E-state index contributed by atoms with van der Waals surface area (Å²) in [5.74, 6) is -3.64. The number of ether oxygens (including phenoxy) is 1. The number of hydrogen-bond acceptors (Lipinski definition) is 7. The van der Waals surface area contributed by atoms with Crippen molar-refractivity contribution in [1.82, 2.24) is 5.32 Å². The second-order valence-electron chi connectivity index (χ2n) is 5.42. The lowest BCUT2D eigenvalue weighted by molar-refractivity contribution is -0.135. The molecular weight excluding hydrogens is 370 g/mol. The first-order chi connectivity index (χ1) is 13.2. The van der Waals surface area contributed by atoms with E-state index in [0.29, 0.717) is 18.4 Å². The molecule has 0 rings (SSSR count). The first-order valence-electron chi connectivity index (χ1n) is 8.08. The van der Waals surface area contributed by atoms with Crippen LogP contribution < -0.4 is 5.32 Å². The summed E-state index contributed by atoms with van der Waals surface area (Å²) >= 11 is 0. The van der Waals surface area contributed by atoms with Gasteiger partial charge in [0.15, 0.2) is 5.78 Å². The number of allylic oxidation sites excluding steroid dienone is 5. The van der Waals surface area contributed by atoms with Gasteiger partial charge in [0.25, 0.3) is 6.47 Å². The summed E-state index contributed by atoms with van der Waals surface area (Å²) in [7, 11) is 0. The van der Waals surface area contributed by atoms with Gasteiger partial charge in [0, 0.05) is 17.7 Å². The molecule has 0 aliphatic rings. The Bertz CT molecular complexity index is 743. The first kappa shape index (κ1) is 24.4. The monoisotopic (exact) mass is 393 g/mol. The Morgan fingerprint density at radius 1 is 1.07 bits per heavy atom. The number of nitrogens with one attached hydrogen (secondary N) is 1. The van der Waals surface area contributed by atoms with Gasteiger partial charge in [-0.2, -0.15) is 0 Å². The highest BCUT2D eigenvalue weighted by Crippen LogP contribution is 2.20. The number of rotatable bonds is 11. The fourth-order valence-electron chi connectivity index (χ4n) is 1.97. The molecule has 0 saturated heterocycles. The summed E-state index contributed by atoms with van der Waals surface area (Å²) in [4.78, 5) is 45.9. The van der Waals surface area contributed by atoms with Crippen LogP contribution in [-0.2, 0) is 23.9 Å². The Kier molecular flexibility index (Phi) is 11.0. The lowest BCUT2D eigenvalue weighted by Crippen LogP contribution is -2.46. The van der Waals surface area contributed by atoms with Crippen molar-refractivity contribution in [2.24, 2.45) is 0 Å². The van der Waals surface area contributed by atoms with Gasteiger partial charge in [0.1, 0.15) is 11.9 Å². The number of aliphatic hydroxyl groups is 2. The molecule has 2 unspecified atom stereocenters. The van der Waals surface area contributed by atoms with Gasteiger partial charge in [-0.05, 0) is 26.8 Å². The van der Waals surface area contributed by atoms with Crippen molar-refractivity contribution in [3.05, 3.63) is 59.6 Å². The highest BCUT2D eigenvalue weighted by atomic mass is 16.5. The van der Waals surface area contributed by atoms with Crippen LogP contribution in [0.1, 0.15) is 20.8 Å². The van der Waals surface area contributed by atoms with Crippen LogP contribution in [0.4, 0.5) is 0 Å². The number of aliphatic hydroxyl groups excluding tert-OH is 2. The van der Waals surface area contributed by atoms with Gasteiger partial charge in [-0.3, -0.25) is 14.4 Å². The quantitative estimate of drug-likeness (QED) is 0.179. The van der Waals surface area contributed by atoms with Crippen molar-refractivity contribution in [2.45, 2.75) is 32.9 Å². The maximum atomic E-state index is 12.6.